The summed E-state index contributed by atoms with van der Waals surface area (Å²) in [7, 11) is 0. The highest BCUT2D eigenvalue weighted by molar-refractivity contribution is 6.04. The van der Waals surface area contributed by atoms with Gasteiger partial charge in [0.25, 0.3) is 5.91 Å². The molecule has 3 rings (SSSR count). The molecule has 6 nitrogen and oxygen atoms in total. The second kappa shape index (κ2) is 7.68. The Morgan fingerprint density at radius 3 is 2.50 bits per heavy atom. The Labute approximate surface area is 150 Å². The molecule has 2 aromatic rings. The fourth-order valence-corrected chi connectivity index (χ4v) is 3.04. The molecule has 6 heteroatoms. The van der Waals surface area contributed by atoms with Gasteiger partial charge in [0.1, 0.15) is 11.7 Å². The van der Waals surface area contributed by atoms with Crippen molar-refractivity contribution in [3.05, 3.63) is 65.7 Å². The van der Waals surface area contributed by atoms with Crippen LogP contribution in [0, 0.1) is 0 Å². The van der Waals surface area contributed by atoms with Gasteiger partial charge in [0.05, 0.1) is 6.42 Å². The Morgan fingerprint density at radius 1 is 1.12 bits per heavy atom. The van der Waals surface area contributed by atoms with E-state index < -0.39 is 17.9 Å². The Hall–Kier alpha value is -3.37. The van der Waals surface area contributed by atoms with Gasteiger partial charge >= 0.3 is 5.97 Å². The highest BCUT2D eigenvalue weighted by Gasteiger charge is 2.34. The van der Waals surface area contributed by atoms with Gasteiger partial charge in [-0.05, 0) is 18.1 Å². The van der Waals surface area contributed by atoms with Gasteiger partial charge < -0.3 is 15.3 Å². The van der Waals surface area contributed by atoms with E-state index in [-0.39, 0.29) is 18.7 Å². The third-order valence-corrected chi connectivity index (χ3v) is 4.29. The number of hydrogen-bond donors (Lipinski definition) is 2. The van der Waals surface area contributed by atoms with E-state index in [2.05, 4.69) is 5.32 Å². The number of carboxylic acid groups (broad SMARTS) is 1. The molecule has 0 saturated carbocycles. The molecule has 1 aliphatic heterocycles. The Morgan fingerprint density at radius 2 is 1.81 bits per heavy atom. The third-order valence-electron chi connectivity index (χ3n) is 4.29. The second-order valence-corrected chi connectivity index (χ2v) is 6.02. The first-order valence-corrected chi connectivity index (χ1v) is 8.28. The van der Waals surface area contributed by atoms with Crippen LogP contribution in [0.3, 0.4) is 0 Å². The number of amides is 1. The number of nitrogens with one attached hydrogen (secondary N) is 1. The summed E-state index contributed by atoms with van der Waals surface area (Å²) >= 11 is 0. The number of hydrogen-bond acceptors (Lipinski definition) is 4. The van der Waals surface area contributed by atoms with E-state index in [4.69, 9.17) is 5.11 Å². The number of carbonyl (C=O) groups is 2. The lowest BCUT2D eigenvalue weighted by Crippen LogP contribution is -2.42. The highest BCUT2D eigenvalue weighted by Crippen LogP contribution is 2.30. The Bertz CT molecular complexity index is 872. The molecule has 1 aliphatic rings. The van der Waals surface area contributed by atoms with Crippen molar-refractivity contribution in [3.8, 4) is 0 Å². The van der Waals surface area contributed by atoms with Crippen molar-refractivity contribution in [1.82, 2.24) is 4.90 Å². The lowest BCUT2D eigenvalue weighted by molar-refractivity contribution is -0.140. The van der Waals surface area contributed by atoms with Gasteiger partial charge in [-0.3, -0.25) is 9.59 Å². The van der Waals surface area contributed by atoms with E-state index in [1.165, 1.54) is 4.90 Å². The fraction of sp³-hybridized carbons (Fsp3) is 0.200. The number of carboxylic acids is 1. The van der Waals surface area contributed by atoms with Crippen LogP contribution in [0.2, 0.25) is 0 Å². The zero-order valence-corrected chi connectivity index (χ0v) is 14.0. The van der Waals surface area contributed by atoms with Crippen molar-refractivity contribution in [2.24, 2.45) is 0 Å². The van der Waals surface area contributed by atoms with Crippen LogP contribution in [0.1, 0.15) is 17.5 Å². The van der Waals surface area contributed by atoms with Crippen LogP contribution in [0.25, 0.3) is 5.70 Å². The van der Waals surface area contributed by atoms with Gasteiger partial charge in [-0.25, -0.2) is 4.79 Å². The summed E-state index contributed by atoms with van der Waals surface area (Å²) in [6.45, 7) is 0.263. The fourth-order valence-electron chi connectivity index (χ4n) is 3.04. The minimum atomic E-state index is -1.09. The summed E-state index contributed by atoms with van der Waals surface area (Å²) < 4.78 is 0. The normalized spacial score (nSPS) is 16.3. The third kappa shape index (κ3) is 3.66. The van der Waals surface area contributed by atoms with Gasteiger partial charge in [-0.15, -0.1) is 0 Å². The Kier molecular flexibility index (Phi) is 5.15. The van der Waals surface area contributed by atoms with Crippen molar-refractivity contribution in [2.75, 3.05) is 11.9 Å². The van der Waals surface area contributed by atoms with Gasteiger partial charge in [-0.2, -0.15) is 0 Å². The van der Waals surface area contributed by atoms with Crippen molar-refractivity contribution in [2.45, 2.75) is 18.9 Å². The maximum absolute atomic E-state index is 12.9. The molecule has 2 aromatic carbocycles. The van der Waals surface area contributed by atoms with Gasteiger partial charge in [0.2, 0.25) is 0 Å². The molecule has 0 fully saturated rings. The molecule has 1 amide bonds. The predicted molar refractivity (Wildman–Crippen MR) is 97.1 cm³/mol. The number of para-hydroxylation sites is 1. The van der Waals surface area contributed by atoms with Crippen LogP contribution in [-0.2, 0) is 20.8 Å². The number of anilines is 1. The molecule has 132 valence electrons. The number of fused-ring (bicyclic) bond motifs is 1. The number of rotatable bonds is 5. The molecule has 1 atom stereocenters. The summed E-state index contributed by atoms with van der Waals surface area (Å²) in [5.74, 6) is 0.341. The molecule has 1 heterocycles. The number of nitrogens with zero attached hydrogens (tertiary/aromatic N) is 1. The summed E-state index contributed by atoms with van der Waals surface area (Å²) in [5.41, 5.74) is 2.23. The topological polar surface area (TPSA) is 86.7 Å². The van der Waals surface area contributed by atoms with Crippen LogP contribution in [-0.4, -0.2) is 40.4 Å². The quantitative estimate of drug-likeness (QED) is 0.808. The van der Waals surface area contributed by atoms with E-state index in [1.54, 1.807) is 24.3 Å². The predicted octanol–water partition coefficient (Wildman–Crippen LogP) is 2.20. The van der Waals surface area contributed by atoms with Crippen LogP contribution in [0.5, 0.6) is 0 Å². The maximum Gasteiger partial charge on any atom is 0.305 e. The summed E-state index contributed by atoms with van der Waals surface area (Å²) in [4.78, 5) is 37.1. The van der Waals surface area contributed by atoms with Crippen molar-refractivity contribution >= 4 is 29.2 Å². The molecular formula is C20H18N2O4. The van der Waals surface area contributed by atoms with Crippen molar-refractivity contribution < 1.29 is 19.5 Å². The van der Waals surface area contributed by atoms with Crippen molar-refractivity contribution in [1.29, 1.82) is 0 Å². The second-order valence-electron chi connectivity index (χ2n) is 6.02. The van der Waals surface area contributed by atoms with Gasteiger partial charge in [-0.1, -0.05) is 48.5 Å². The average molecular weight is 350 g/mol. The van der Waals surface area contributed by atoms with E-state index in [0.717, 1.165) is 5.56 Å². The van der Waals surface area contributed by atoms with E-state index in [1.807, 2.05) is 36.3 Å². The highest BCUT2D eigenvalue weighted by atomic mass is 16.4. The van der Waals surface area contributed by atoms with Crippen LogP contribution >= 0.6 is 0 Å². The van der Waals surface area contributed by atoms with Gasteiger partial charge in [0.15, 0.2) is 5.94 Å². The SMILES string of the molecule is O=C=C1c2ccccc2NC(CC(=O)O)C(=O)N1CCc1ccccc1. The molecule has 2 N–H and O–H groups in total. The number of benzene rings is 2. The van der Waals surface area contributed by atoms with Crippen molar-refractivity contribution in [3.63, 3.8) is 0 Å². The molecule has 26 heavy (non-hydrogen) atoms. The first-order chi connectivity index (χ1) is 12.6. The zero-order chi connectivity index (χ0) is 18.5. The molecule has 0 saturated heterocycles. The minimum Gasteiger partial charge on any atom is -0.481 e. The molecule has 0 spiro atoms. The zero-order valence-electron chi connectivity index (χ0n) is 14.0. The lowest BCUT2D eigenvalue weighted by atomic mass is 10.1. The maximum atomic E-state index is 12.9. The van der Waals surface area contributed by atoms with E-state index in [9.17, 15) is 14.4 Å². The monoisotopic (exact) mass is 350 g/mol. The molecule has 0 aliphatic carbocycles. The van der Waals surface area contributed by atoms with Crippen LogP contribution < -0.4 is 5.32 Å². The van der Waals surface area contributed by atoms with Crippen LogP contribution in [0.15, 0.2) is 54.6 Å². The molecule has 0 aromatic heterocycles. The lowest BCUT2D eigenvalue weighted by Gasteiger charge is -2.24. The first-order valence-electron chi connectivity index (χ1n) is 8.28. The van der Waals surface area contributed by atoms with Gasteiger partial charge in [0, 0.05) is 17.8 Å². The first kappa shape index (κ1) is 17.5. The minimum absolute atomic E-state index is 0.127. The molecular weight excluding hydrogens is 332 g/mol. The van der Waals surface area contributed by atoms with Crippen LogP contribution in [0.4, 0.5) is 5.69 Å². The average Bonchev–Trinajstić information content (AvgIpc) is 2.75. The smallest absolute Gasteiger partial charge is 0.305 e. The number of aliphatic carboxylic acids is 1. The largest absolute Gasteiger partial charge is 0.481 e. The summed E-state index contributed by atoms with van der Waals surface area (Å²) in [5, 5.41) is 12.1. The van der Waals surface area contributed by atoms with E-state index >= 15 is 0 Å². The summed E-state index contributed by atoms with van der Waals surface area (Å²) in [6.07, 6.45) is 0.168. The Balaban J connectivity index is 1.97. The number of carbonyl (C=O) groups excluding carboxylic acids is 2. The standard InChI is InChI=1S/C20H18N2O4/c23-13-18-15-8-4-5-9-16(15)21-17(12-19(24)25)20(26)22(18)11-10-14-6-2-1-3-7-14/h1-9,17,21H,10-12H2,(H,24,25). The van der Waals surface area contributed by atoms with E-state index in [0.29, 0.717) is 17.7 Å². The summed E-state index contributed by atoms with van der Waals surface area (Å²) in [6, 6.07) is 15.6. The molecule has 0 radical (unpaired) electrons. The molecule has 0 bridgehead atoms. The molecule has 1 unspecified atom stereocenters.